The fourth-order valence-electron chi connectivity index (χ4n) is 2.55. The Hall–Kier alpha value is -0.370. The number of unbranched alkanes of at least 4 members (excludes halogenated alkanes) is 6. The Morgan fingerprint density at radius 1 is 1.05 bits per heavy atom. The number of hydrogen-bond acceptors (Lipinski definition) is 2. The smallest absolute Gasteiger partial charge is 0.0470 e. The molecule has 0 rings (SSSR count). The maximum Gasteiger partial charge on any atom is 0.0470 e. The van der Waals surface area contributed by atoms with Crippen molar-refractivity contribution >= 4 is 6.21 Å². The molecule has 0 aliphatic heterocycles. The van der Waals surface area contributed by atoms with E-state index in [1.165, 1.54) is 38.5 Å². The van der Waals surface area contributed by atoms with Crippen LogP contribution >= 0.6 is 0 Å². The van der Waals surface area contributed by atoms with Crippen LogP contribution in [0.25, 0.3) is 0 Å². The highest BCUT2D eigenvalue weighted by Crippen LogP contribution is 2.29. The minimum absolute atomic E-state index is 0.289. The van der Waals surface area contributed by atoms with Crippen molar-refractivity contribution in [2.45, 2.75) is 92.0 Å². The van der Waals surface area contributed by atoms with E-state index in [-0.39, 0.29) is 5.41 Å². The molecule has 0 bridgehead atoms. The highest BCUT2D eigenvalue weighted by Gasteiger charge is 2.24. The second-order valence-electron chi connectivity index (χ2n) is 7.27. The van der Waals surface area contributed by atoms with Crippen LogP contribution < -0.4 is 5.73 Å². The van der Waals surface area contributed by atoms with E-state index in [1.807, 2.05) is 0 Å². The lowest BCUT2D eigenvalue weighted by atomic mass is 9.77. The summed E-state index contributed by atoms with van der Waals surface area (Å²) in [5.74, 6) is 0.559. The zero-order valence-corrected chi connectivity index (χ0v) is 14.6. The molecule has 0 saturated heterocycles. The van der Waals surface area contributed by atoms with Gasteiger partial charge in [0.25, 0.3) is 0 Å². The van der Waals surface area contributed by atoms with Gasteiger partial charge in [0.15, 0.2) is 0 Å². The average molecular weight is 283 g/mol. The molecule has 0 heterocycles. The summed E-state index contributed by atoms with van der Waals surface area (Å²) in [6, 6.07) is 0.405. The molecule has 0 aromatic carbocycles. The van der Waals surface area contributed by atoms with Gasteiger partial charge in [0.1, 0.15) is 0 Å². The minimum atomic E-state index is 0.289. The van der Waals surface area contributed by atoms with Crippen LogP contribution in [0, 0.1) is 11.3 Å². The lowest BCUT2D eigenvalue weighted by molar-refractivity contribution is 0.223. The predicted octanol–water partition coefficient (Wildman–Crippen LogP) is 5.21. The monoisotopic (exact) mass is 282 g/mol. The maximum absolute atomic E-state index is 5.89. The van der Waals surface area contributed by atoms with E-state index in [4.69, 9.17) is 5.73 Å². The Bertz CT molecular complexity index is 240. The first kappa shape index (κ1) is 19.6. The summed E-state index contributed by atoms with van der Waals surface area (Å²) < 4.78 is 0. The minimum Gasteiger partial charge on any atom is -0.330 e. The first-order valence-electron chi connectivity index (χ1n) is 8.63. The molecule has 0 aromatic heterocycles. The van der Waals surface area contributed by atoms with Crippen molar-refractivity contribution in [3.05, 3.63) is 0 Å². The molecule has 2 N–H and O–H groups in total. The van der Waals surface area contributed by atoms with Crippen LogP contribution in [-0.2, 0) is 0 Å². The molecule has 0 amide bonds. The second kappa shape index (κ2) is 11.3. The van der Waals surface area contributed by atoms with E-state index >= 15 is 0 Å². The van der Waals surface area contributed by atoms with Gasteiger partial charge in [-0.15, -0.1) is 0 Å². The van der Waals surface area contributed by atoms with Gasteiger partial charge in [0.2, 0.25) is 0 Å². The Balaban J connectivity index is 3.74. The van der Waals surface area contributed by atoms with Crippen LogP contribution in [0.4, 0.5) is 0 Å². The zero-order chi connectivity index (χ0) is 15.4. The van der Waals surface area contributed by atoms with E-state index in [1.54, 1.807) is 0 Å². The Morgan fingerprint density at radius 3 is 2.20 bits per heavy atom. The summed E-state index contributed by atoms with van der Waals surface area (Å²) >= 11 is 0. The van der Waals surface area contributed by atoms with Gasteiger partial charge in [-0.25, -0.2) is 0 Å². The fraction of sp³-hybridized carbons (Fsp3) is 0.944. The fourth-order valence-corrected chi connectivity index (χ4v) is 2.55. The molecular weight excluding hydrogens is 244 g/mol. The molecular formula is C18H38N2. The largest absolute Gasteiger partial charge is 0.330 e. The third-order valence-electron chi connectivity index (χ3n) is 4.18. The van der Waals surface area contributed by atoms with Gasteiger partial charge in [-0.3, -0.25) is 4.99 Å². The van der Waals surface area contributed by atoms with E-state index in [0.717, 1.165) is 19.4 Å². The standard InChI is InChI=1S/C18H38N2/c1-6-7-8-9-10-11-12-13-20-16(2)14-17(15-19)18(3,4)5/h13,16-17H,6-12,14-15,19H2,1-5H3/b20-13-. The van der Waals surface area contributed by atoms with Crippen molar-refractivity contribution in [2.75, 3.05) is 6.54 Å². The number of rotatable bonds is 11. The van der Waals surface area contributed by atoms with Crippen LogP contribution in [0.15, 0.2) is 4.99 Å². The molecule has 2 nitrogen and oxygen atoms in total. The van der Waals surface area contributed by atoms with Crippen molar-refractivity contribution in [3.63, 3.8) is 0 Å². The van der Waals surface area contributed by atoms with Gasteiger partial charge in [0, 0.05) is 6.04 Å². The normalized spacial score (nSPS) is 15.7. The van der Waals surface area contributed by atoms with Crippen molar-refractivity contribution in [3.8, 4) is 0 Å². The van der Waals surface area contributed by atoms with Crippen LogP contribution in [0.3, 0.4) is 0 Å². The van der Waals surface area contributed by atoms with E-state index in [0.29, 0.717) is 12.0 Å². The Morgan fingerprint density at radius 2 is 1.65 bits per heavy atom. The summed E-state index contributed by atoms with van der Waals surface area (Å²) in [5, 5.41) is 0. The quantitative estimate of drug-likeness (QED) is 0.410. The molecule has 2 atom stereocenters. The van der Waals surface area contributed by atoms with Gasteiger partial charge in [-0.2, -0.15) is 0 Å². The summed E-state index contributed by atoms with van der Waals surface area (Å²) in [4.78, 5) is 4.68. The van der Waals surface area contributed by atoms with Gasteiger partial charge >= 0.3 is 0 Å². The summed E-state index contributed by atoms with van der Waals surface area (Å²) in [7, 11) is 0. The third kappa shape index (κ3) is 10.4. The maximum atomic E-state index is 5.89. The van der Waals surface area contributed by atoms with Crippen LogP contribution in [0.1, 0.15) is 86.0 Å². The molecule has 0 radical (unpaired) electrons. The summed E-state index contributed by atoms with van der Waals surface area (Å²) in [6.07, 6.45) is 12.5. The number of hydrogen-bond donors (Lipinski definition) is 1. The number of nitrogens with zero attached hydrogens (tertiary/aromatic N) is 1. The van der Waals surface area contributed by atoms with Crippen molar-refractivity contribution in [1.82, 2.24) is 0 Å². The number of nitrogens with two attached hydrogens (primary N) is 1. The number of aliphatic imine (C=N–C) groups is 1. The molecule has 0 aliphatic rings. The lowest BCUT2D eigenvalue weighted by Gasteiger charge is -2.30. The molecule has 2 heteroatoms. The Kier molecular flexibility index (Phi) is 11.1. The topological polar surface area (TPSA) is 38.4 Å². The third-order valence-corrected chi connectivity index (χ3v) is 4.18. The molecule has 20 heavy (non-hydrogen) atoms. The average Bonchev–Trinajstić information content (AvgIpc) is 2.37. The first-order valence-corrected chi connectivity index (χ1v) is 8.63. The van der Waals surface area contributed by atoms with Crippen LogP contribution in [0.5, 0.6) is 0 Å². The molecule has 0 aromatic rings. The highest BCUT2D eigenvalue weighted by atomic mass is 14.8. The second-order valence-corrected chi connectivity index (χ2v) is 7.27. The van der Waals surface area contributed by atoms with E-state index < -0.39 is 0 Å². The predicted molar refractivity (Wildman–Crippen MR) is 92.6 cm³/mol. The molecule has 0 fully saturated rings. The summed E-state index contributed by atoms with van der Waals surface area (Å²) in [5.41, 5.74) is 6.18. The van der Waals surface area contributed by atoms with E-state index in [9.17, 15) is 0 Å². The van der Waals surface area contributed by atoms with Crippen molar-refractivity contribution in [2.24, 2.45) is 22.1 Å². The molecule has 2 unspecified atom stereocenters. The van der Waals surface area contributed by atoms with Gasteiger partial charge in [-0.1, -0.05) is 59.8 Å². The zero-order valence-electron chi connectivity index (χ0n) is 14.6. The van der Waals surface area contributed by atoms with E-state index in [2.05, 4.69) is 45.8 Å². The highest BCUT2D eigenvalue weighted by molar-refractivity contribution is 5.57. The van der Waals surface area contributed by atoms with Gasteiger partial charge in [-0.05, 0) is 50.3 Å². The molecule has 120 valence electrons. The summed E-state index contributed by atoms with van der Waals surface area (Å²) in [6.45, 7) is 12.1. The molecule has 0 aliphatic carbocycles. The van der Waals surface area contributed by atoms with Gasteiger partial charge in [0.05, 0.1) is 0 Å². The van der Waals surface area contributed by atoms with Crippen LogP contribution in [0.2, 0.25) is 0 Å². The van der Waals surface area contributed by atoms with Gasteiger partial charge < -0.3 is 5.73 Å². The molecule has 0 saturated carbocycles. The Labute approximate surface area is 127 Å². The van der Waals surface area contributed by atoms with Crippen molar-refractivity contribution < 1.29 is 0 Å². The van der Waals surface area contributed by atoms with Crippen LogP contribution in [-0.4, -0.2) is 18.8 Å². The lowest BCUT2D eigenvalue weighted by Crippen LogP contribution is -2.30. The van der Waals surface area contributed by atoms with Crippen molar-refractivity contribution in [1.29, 1.82) is 0 Å². The molecule has 0 spiro atoms. The SMILES string of the molecule is CCCCCCCC/C=N\C(C)CC(CN)C(C)(C)C. The first-order chi connectivity index (χ1) is 9.41.